The third-order valence-electron chi connectivity index (χ3n) is 2.40. The van der Waals surface area contributed by atoms with Gasteiger partial charge in [-0.1, -0.05) is 0 Å². The van der Waals surface area contributed by atoms with E-state index in [4.69, 9.17) is 6.58 Å². The molecule has 2 rings (SSSR count). The van der Waals surface area contributed by atoms with Crippen LogP contribution in [0.4, 0.5) is 0 Å². The Balaban J connectivity index is 0. The van der Waals surface area contributed by atoms with Crippen molar-refractivity contribution in [3.63, 3.8) is 0 Å². The molecule has 0 saturated heterocycles. The maximum absolute atomic E-state index is 5.13. The molecule has 1 aliphatic carbocycles. The Morgan fingerprint density at radius 2 is 1.84 bits per heavy atom. The topological polar surface area (TPSA) is 0 Å². The minimum absolute atomic E-state index is 0. The molecule has 0 amide bonds. The third kappa shape index (κ3) is 17.9. The third-order valence-corrected chi connectivity index (χ3v) is 2.40. The van der Waals surface area contributed by atoms with Crippen LogP contribution in [0.5, 0.6) is 0 Å². The van der Waals surface area contributed by atoms with Gasteiger partial charge in [-0.2, -0.15) is 42.5 Å². The van der Waals surface area contributed by atoms with Crippen LogP contribution in [0.3, 0.4) is 0 Å². The molecule has 0 aromatic heterocycles. The second-order valence-electron chi connectivity index (χ2n) is 4.18. The van der Waals surface area contributed by atoms with E-state index in [1.54, 1.807) is 12.2 Å². The summed E-state index contributed by atoms with van der Waals surface area (Å²) < 4.78 is 0. The summed E-state index contributed by atoms with van der Waals surface area (Å²) in [5, 5.41) is 0. The molecule has 0 N–H and O–H groups in total. The van der Waals surface area contributed by atoms with E-state index in [2.05, 4.69) is 30.4 Å². The van der Waals surface area contributed by atoms with Gasteiger partial charge in [0.1, 0.15) is 0 Å². The van der Waals surface area contributed by atoms with Gasteiger partial charge in [-0.25, -0.2) is 54.7 Å². The Labute approximate surface area is 203 Å². The number of benzene rings is 1. The number of hydrogen-bond acceptors (Lipinski definition) is 0. The summed E-state index contributed by atoms with van der Waals surface area (Å²) >= 11 is 0. The van der Waals surface area contributed by atoms with Gasteiger partial charge >= 0.3 is 65.4 Å². The predicted molar refractivity (Wildman–Crippen MR) is 97.3 cm³/mol. The molecule has 0 heterocycles. The SMILES string of the molecule is [C-]1=CC=C[C-]=CC[C-]=CC=C1.[CH-]=CC=C[C-]=Cc1[c-]cccc1.[Y+3].[Y+3]. The van der Waals surface area contributed by atoms with Crippen molar-refractivity contribution in [3.8, 4) is 0 Å². The number of hydrogen-bond donors (Lipinski definition) is 0. The first-order valence-corrected chi connectivity index (χ1v) is 7.23. The van der Waals surface area contributed by atoms with Crippen LogP contribution in [0.25, 0.3) is 6.08 Å². The molecule has 0 fully saturated rings. The summed E-state index contributed by atoms with van der Waals surface area (Å²) in [6.45, 7) is 5.13. The van der Waals surface area contributed by atoms with Gasteiger partial charge in [0.2, 0.25) is 0 Å². The van der Waals surface area contributed by atoms with Gasteiger partial charge < -0.3 is 0 Å². The minimum Gasteiger partial charge on any atom is -0.287 e. The normalized spacial score (nSPS) is 12.6. The van der Waals surface area contributed by atoms with E-state index in [0.717, 1.165) is 12.0 Å². The van der Waals surface area contributed by atoms with Gasteiger partial charge in [0.05, 0.1) is 0 Å². The Hall–Kier alpha value is -0.652. The van der Waals surface area contributed by atoms with Crippen LogP contribution in [0.15, 0.2) is 85.0 Å². The summed E-state index contributed by atoms with van der Waals surface area (Å²) in [6, 6.07) is 10.8. The molecule has 0 saturated carbocycles. The van der Waals surface area contributed by atoms with Crippen LogP contribution in [0.1, 0.15) is 12.0 Å². The average molecular weight is 472 g/mol. The summed E-state index contributed by atoms with van der Waals surface area (Å²) in [5.41, 5.74) is 1.01. The van der Waals surface area contributed by atoms with Crippen LogP contribution < -0.4 is 0 Å². The van der Waals surface area contributed by atoms with Crippen molar-refractivity contribution < 1.29 is 65.4 Å². The molecule has 2 heteroatoms. The molecular weight excluding hydrogens is 454 g/mol. The van der Waals surface area contributed by atoms with Crippen molar-refractivity contribution >= 4 is 6.08 Å². The first-order valence-electron chi connectivity index (χ1n) is 7.23. The zero-order chi connectivity index (χ0) is 16.4. The minimum atomic E-state index is 0. The smallest absolute Gasteiger partial charge is 0.287 e. The molecule has 1 aromatic carbocycles. The monoisotopic (exact) mass is 472 g/mol. The van der Waals surface area contributed by atoms with Crippen molar-refractivity contribution in [2.24, 2.45) is 0 Å². The van der Waals surface area contributed by atoms with Crippen LogP contribution in [0.2, 0.25) is 0 Å². The number of rotatable bonds is 3. The molecule has 0 nitrogen and oxygen atoms in total. The van der Waals surface area contributed by atoms with Crippen molar-refractivity contribution in [2.45, 2.75) is 6.42 Å². The van der Waals surface area contributed by atoms with E-state index >= 15 is 0 Å². The Kier molecular flexibility index (Phi) is 22.7. The standard InChI is InChI=1S/C12H9.C11H9.2Y/c1-2-3-4-6-9-12-10-7-5-8-11-12;1-2-4-6-8-10-11-9-7-5-3-1;;/h1-5,7-10H;1-3,6-8,10H,9H2;;/q2*-3;2*+3. The van der Waals surface area contributed by atoms with Crippen LogP contribution in [-0.4, -0.2) is 0 Å². The maximum atomic E-state index is 5.13. The van der Waals surface area contributed by atoms with Crippen molar-refractivity contribution in [2.75, 3.05) is 0 Å². The fourth-order valence-corrected chi connectivity index (χ4v) is 1.39. The number of allylic oxidation sites excluding steroid dienone is 14. The van der Waals surface area contributed by atoms with Gasteiger partial charge in [0.15, 0.2) is 0 Å². The largest absolute Gasteiger partial charge is 3.00 e. The van der Waals surface area contributed by atoms with E-state index in [1.807, 2.05) is 72.9 Å². The van der Waals surface area contributed by atoms with Gasteiger partial charge in [-0.05, 0) is 0 Å². The first-order chi connectivity index (χ1) is 11.4. The van der Waals surface area contributed by atoms with Crippen molar-refractivity contribution in [1.82, 2.24) is 0 Å². The molecule has 0 spiro atoms. The molecule has 0 bridgehead atoms. The second-order valence-corrected chi connectivity index (χ2v) is 4.18. The molecule has 116 valence electrons. The Bertz CT molecular complexity index is 603. The molecule has 1 aromatic rings. The zero-order valence-electron chi connectivity index (χ0n) is 14.1. The Morgan fingerprint density at radius 3 is 2.60 bits per heavy atom. The van der Waals surface area contributed by atoms with Crippen LogP contribution in [-0.2, 0) is 65.4 Å². The van der Waals surface area contributed by atoms with Gasteiger partial charge in [-0.15, -0.1) is 12.5 Å². The van der Waals surface area contributed by atoms with Gasteiger partial charge in [-0.3, -0.25) is 30.4 Å². The average Bonchev–Trinajstić information content (AvgIpc) is 2.67. The van der Waals surface area contributed by atoms with E-state index in [9.17, 15) is 0 Å². The molecule has 25 heavy (non-hydrogen) atoms. The summed E-state index contributed by atoms with van der Waals surface area (Å²) in [4.78, 5) is 0. The molecular formula is C23H18Y2. The fourth-order valence-electron chi connectivity index (χ4n) is 1.39. The predicted octanol–water partition coefficient (Wildman–Crippen LogP) is 5.42. The van der Waals surface area contributed by atoms with E-state index in [-0.39, 0.29) is 65.4 Å². The van der Waals surface area contributed by atoms with Gasteiger partial charge in [0, 0.05) is 0 Å². The Morgan fingerprint density at radius 1 is 1.04 bits per heavy atom. The molecule has 1 aliphatic rings. The zero-order valence-corrected chi connectivity index (χ0v) is 19.8. The fraction of sp³-hybridized carbons (Fsp3) is 0.0435. The van der Waals surface area contributed by atoms with Gasteiger partial charge in [0.25, 0.3) is 0 Å². The molecule has 0 radical (unpaired) electrons. The maximum Gasteiger partial charge on any atom is 3.00 e. The molecule has 0 unspecified atom stereocenters. The molecule has 0 aliphatic heterocycles. The van der Waals surface area contributed by atoms with E-state index in [1.165, 1.54) is 6.08 Å². The van der Waals surface area contributed by atoms with Crippen molar-refractivity contribution in [3.05, 3.63) is 128 Å². The summed E-state index contributed by atoms with van der Waals surface area (Å²) in [6.07, 6.45) is 32.7. The first kappa shape index (κ1) is 26.6. The summed E-state index contributed by atoms with van der Waals surface area (Å²) in [5.74, 6) is 0. The van der Waals surface area contributed by atoms with E-state index in [0.29, 0.717) is 0 Å². The summed E-state index contributed by atoms with van der Waals surface area (Å²) in [7, 11) is 0. The van der Waals surface area contributed by atoms with Crippen LogP contribution in [0, 0.1) is 36.9 Å². The second kappa shape index (κ2) is 21.4. The quantitative estimate of drug-likeness (QED) is 0.407. The van der Waals surface area contributed by atoms with Crippen LogP contribution >= 0.6 is 0 Å². The molecule has 0 atom stereocenters. The van der Waals surface area contributed by atoms with Crippen molar-refractivity contribution in [1.29, 1.82) is 0 Å². The van der Waals surface area contributed by atoms with E-state index < -0.39 is 0 Å².